The number of carbonyl (C=O) groups is 1. The van der Waals surface area contributed by atoms with Gasteiger partial charge >= 0.3 is 0 Å². The summed E-state index contributed by atoms with van der Waals surface area (Å²) in [5.74, 6) is 1.44. The second kappa shape index (κ2) is 14.5. The molecule has 4 rings (SSSR count). The topological polar surface area (TPSA) is 63.3 Å². The van der Waals surface area contributed by atoms with Crippen LogP contribution in [0.2, 0.25) is 0 Å². The highest BCUT2D eigenvalue weighted by Crippen LogP contribution is 2.25. The zero-order valence-electron chi connectivity index (χ0n) is 22.5. The molecule has 2 aliphatic rings. The molecule has 2 bridgehead atoms. The van der Waals surface area contributed by atoms with E-state index in [-0.39, 0.29) is 5.91 Å². The van der Waals surface area contributed by atoms with E-state index in [1.807, 2.05) is 18.2 Å². The number of ether oxygens (including phenoxy) is 3. The van der Waals surface area contributed by atoms with E-state index in [1.54, 1.807) is 0 Å². The Labute approximate surface area is 222 Å². The summed E-state index contributed by atoms with van der Waals surface area (Å²) in [5, 5.41) is 3.08. The molecule has 2 heterocycles. The molecule has 0 spiro atoms. The molecule has 0 unspecified atom stereocenters. The molecule has 7 heteroatoms. The van der Waals surface area contributed by atoms with Crippen molar-refractivity contribution in [2.24, 2.45) is 5.92 Å². The average Bonchev–Trinajstić information content (AvgIpc) is 2.90. The van der Waals surface area contributed by atoms with Gasteiger partial charge < -0.3 is 19.5 Å². The van der Waals surface area contributed by atoms with Crippen molar-refractivity contribution in [3.8, 4) is 5.75 Å². The molecule has 0 aromatic heterocycles. The summed E-state index contributed by atoms with van der Waals surface area (Å²) in [7, 11) is 0. The Morgan fingerprint density at radius 2 is 1.65 bits per heavy atom. The molecule has 2 aliphatic heterocycles. The van der Waals surface area contributed by atoms with Crippen molar-refractivity contribution in [1.82, 2.24) is 15.1 Å². The van der Waals surface area contributed by atoms with E-state index < -0.39 is 0 Å². The third-order valence-electron chi connectivity index (χ3n) is 6.99. The van der Waals surface area contributed by atoms with Gasteiger partial charge in [0.2, 0.25) is 0 Å². The number of nitrogens with zero attached hydrogens (tertiary/aromatic N) is 2. The minimum Gasteiger partial charge on any atom is -0.491 e. The maximum absolute atomic E-state index is 12.9. The van der Waals surface area contributed by atoms with Gasteiger partial charge in [0.05, 0.1) is 26.4 Å². The van der Waals surface area contributed by atoms with Gasteiger partial charge in [-0.3, -0.25) is 14.6 Å². The lowest BCUT2D eigenvalue weighted by molar-refractivity contribution is 0.0383. The van der Waals surface area contributed by atoms with Crippen LogP contribution in [-0.2, 0) is 22.4 Å². The number of morpholine rings is 1. The molecular weight excluding hydrogens is 466 g/mol. The fourth-order valence-electron chi connectivity index (χ4n) is 4.79. The second-order valence-corrected chi connectivity index (χ2v) is 10.4. The first-order valence-electron chi connectivity index (χ1n) is 13.8. The predicted molar refractivity (Wildman–Crippen MR) is 146 cm³/mol. The van der Waals surface area contributed by atoms with Crippen LogP contribution in [0.25, 0.3) is 0 Å². The first-order valence-corrected chi connectivity index (χ1v) is 13.8. The molecule has 0 atom stereocenters. The summed E-state index contributed by atoms with van der Waals surface area (Å²) >= 11 is 0. The van der Waals surface area contributed by atoms with E-state index in [0.717, 1.165) is 63.8 Å². The standard InChI is InChI=1S/C30H43N3O4/c1-24(2)8-10-33-14-17-36-18-19-37-29-7-6-27(30(34)31-9-11-32-12-15-35-16-13-32)22-28(29)21-25-4-3-5-26(20-25)23-33/h3-7,20,22,24H,8-19,21,23H2,1-2H3,(H,31,34). The first kappa shape index (κ1) is 27.6. The molecule has 7 nitrogen and oxygen atoms in total. The minimum atomic E-state index is -0.0478. The van der Waals surface area contributed by atoms with Crippen molar-refractivity contribution < 1.29 is 19.0 Å². The summed E-state index contributed by atoms with van der Waals surface area (Å²) in [5.41, 5.74) is 4.21. The van der Waals surface area contributed by atoms with Crippen molar-refractivity contribution >= 4 is 5.91 Å². The molecule has 1 N–H and O–H groups in total. The molecule has 37 heavy (non-hydrogen) atoms. The van der Waals surface area contributed by atoms with Crippen LogP contribution in [0.5, 0.6) is 5.75 Å². The Kier molecular flexibility index (Phi) is 10.8. The molecule has 0 radical (unpaired) electrons. The van der Waals surface area contributed by atoms with E-state index >= 15 is 0 Å². The van der Waals surface area contributed by atoms with Crippen LogP contribution in [0.3, 0.4) is 0 Å². The molecular formula is C30H43N3O4. The van der Waals surface area contributed by atoms with Gasteiger partial charge in [-0.05, 0) is 53.8 Å². The zero-order chi connectivity index (χ0) is 25.9. The van der Waals surface area contributed by atoms with Crippen LogP contribution in [0.1, 0.15) is 47.3 Å². The summed E-state index contributed by atoms with van der Waals surface area (Å²) in [6.45, 7) is 14.0. The van der Waals surface area contributed by atoms with Crippen molar-refractivity contribution in [2.45, 2.75) is 33.2 Å². The third-order valence-corrected chi connectivity index (χ3v) is 6.99. The normalized spacial score (nSPS) is 18.0. The van der Waals surface area contributed by atoms with E-state index in [2.05, 4.69) is 53.2 Å². The van der Waals surface area contributed by atoms with Crippen molar-refractivity contribution in [1.29, 1.82) is 0 Å². The Bertz CT molecular complexity index is 991. The zero-order valence-corrected chi connectivity index (χ0v) is 22.5. The summed E-state index contributed by atoms with van der Waals surface area (Å²) in [6, 6.07) is 14.5. The third kappa shape index (κ3) is 9.11. The highest BCUT2D eigenvalue weighted by Gasteiger charge is 2.15. The molecule has 0 saturated carbocycles. The molecule has 202 valence electrons. The number of rotatable bonds is 7. The van der Waals surface area contributed by atoms with Crippen LogP contribution in [-0.4, -0.2) is 88.0 Å². The quantitative estimate of drug-likeness (QED) is 0.616. The lowest BCUT2D eigenvalue weighted by atomic mass is 9.99. The van der Waals surface area contributed by atoms with E-state index in [4.69, 9.17) is 14.2 Å². The Hall–Kier alpha value is -2.45. The lowest BCUT2D eigenvalue weighted by Gasteiger charge is -2.26. The number of benzene rings is 2. The monoisotopic (exact) mass is 509 g/mol. The molecule has 1 amide bonds. The predicted octanol–water partition coefficient (Wildman–Crippen LogP) is 3.60. The van der Waals surface area contributed by atoms with Gasteiger partial charge in [0, 0.05) is 51.3 Å². The maximum atomic E-state index is 12.9. The van der Waals surface area contributed by atoms with Gasteiger partial charge in [0.15, 0.2) is 0 Å². The number of nitrogens with one attached hydrogen (secondary N) is 1. The van der Waals surface area contributed by atoms with E-state index in [1.165, 1.54) is 17.5 Å². The highest BCUT2D eigenvalue weighted by molar-refractivity contribution is 5.94. The fraction of sp³-hybridized carbons (Fsp3) is 0.567. The number of amides is 1. The largest absolute Gasteiger partial charge is 0.491 e. The van der Waals surface area contributed by atoms with Crippen LogP contribution in [0, 0.1) is 5.92 Å². The molecule has 2 aromatic carbocycles. The summed E-state index contributed by atoms with van der Waals surface area (Å²) in [6.07, 6.45) is 1.89. The minimum absolute atomic E-state index is 0.0478. The van der Waals surface area contributed by atoms with Gasteiger partial charge in [-0.2, -0.15) is 0 Å². The maximum Gasteiger partial charge on any atom is 0.251 e. The highest BCUT2D eigenvalue weighted by atomic mass is 16.5. The SMILES string of the molecule is CC(C)CCN1CCOCCOc2ccc(C(=O)NCCN3CCOCC3)cc2Cc2cccc(c2)C1. The fourth-order valence-corrected chi connectivity index (χ4v) is 4.79. The lowest BCUT2D eigenvalue weighted by Crippen LogP contribution is -2.41. The van der Waals surface area contributed by atoms with E-state index in [0.29, 0.717) is 44.3 Å². The Morgan fingerprint density at radius 3 is 2.46 bits per heavy atom. The van der Waals surface area contributed by atoms with Crippen LogP contribution < -0.4 is 10.1 Å². The van der Waals surface area contributed by atoms with Crippen LogP contribution in [0.15, 0.2) is 42.5 Å². The summed E-state index contributed by atoms with van der Waals surface area (Å²) in [4.78, 5) is 17.7. The van der Waals surface area contributed by atoms with Gasteiger partial charge in [0.25, 0.3) is 5.91 Å². The number of fused-ring (bicyclic) bond motifs is 3. The second-order valence-electron chi connectivity index (χ2n) is 10.4. The Balaban J connectivity index is 1.45. The van der Waals surface area contributed by atoms with Crippen LogP contribution >= 0.6 is 0 Å². The smallest absolute Gasteiger partial charge is 0.251 e. The molecule has 1 fully saturated rings. The number of hydrogen-bond donors (Lipinski definition) is 1. The average molecular weight is 510 g/mol. The summed E-state index contributed by atoms with van der Waals surface area (Å²) < 4.78 is 17.4. The van der Waals surface area contributed by atoms with Crippen molar-refractivity contribution in [3.63, 3.8) is 0 Å². The molecule has 0 aliphatic carbocycles. The first-order chi connectivity index (χ1) is 18.1. The Morgan fingerprint density at radius 1 is 0.892 bits per heavy atom. The van der Waals surface area contributed by atoms with Gasteiger partial charge in [-0.15, -0.1) is 0 Å². The van der Waals surface area contributed by atoms with Crippen molar-refractivity contribution in [2.75, 3.05) is 72.3 Å². The van der Waals surface area contributed by atoms with Gasteiger partial charge in [-0.25, -0.2) is 0 Å². The van der Waals surface area contributed by atoms with E-state index in [9.17, 15) is 4.79 Å². The van der Waals surface area contributed by atoms with Crippen molar-refractivity contribution in [3.05, 3.63) is 64.7 Å². The van der Waals surface area contributed by atoms with Gasteiger partial charge in [0.1, 0.15) is 12.4 Å². The van der Waals surface area contributed by atoms with Gasteiger partial charge in [-0.1, -0.05) is 38.1 Å². The number of carbonyl (C=O) groups excluding carboxylic acids is 1. The van der Waals surface area contributed by atoms with Crippen LogP contribution in [0.4, 0.5) is 0 Å². The molecule has 2 aromatic rings. The molecule has 1 saturated heterocycles. The number of hydrogen-bond acceptors (Lipinski definition) is 6.